The molecule has 1 atom stereocenters. The molecule has 2 fully saturated rings. The van der Waals surface area contributed by atoms with Crippen LogP contribution in [0.2, 0.25) is 0 Å². The summed E-state index contributed by atoms with van der Waals surface area (Å²) in [4.78, 5) is 2.59. The van der Waals surface area contributed by atoms with Gasteiger partial charge in [0, 0.05) is 19.6 Å². The highest BCUT2D eigenvalue weighted by Gasteiger charge is 2.30. The molecule has 102 valence electrons. The third-order valence-corrected chi connectivity index (χ3v) is 4.40. The van der Waals surface area contributed by atoms with Gasteiger partial charge in [0.25, 0.3) is 0 Å². The average molecular weight is 261 g/mol. The van der Waals surface area contributed by atoms with Crippen LogP contribution in [0.3, 0.4) is 0 Å². The molecule has 1 saturated carbocycles. The van der Waals surface area contributed by atoms with Gasteiger partial charge < -0.3 is 10.2 Å². The van der Waals surface area contributed by atoms with Crippen LogP contribution in [-0.2, 0) is 0 Å². The van der Waals surface area contributed by atoms with Crippen molar-refractivity contribution < 1.29 is 0 Å². The van der Waals surface area contributed by atoms with Gasteiger partial charge in [-0.25, -0.2) is 0 Å². The highest BCUT2D eigenvalue weighted by Crippen LogP contribution is 2.28. The molecule has 0 amide bonds. The van der Waals surface area contributed by atoms with Gasteiger partial charge in [0.05, 0.1) is 0 Å². The molecule has 17 heavy (non-hydrogen) atoms. The normalized spacial score (nSPS) is 30.5. The zero-order chi connectivity index (χ0) is 11.4. The van der Waals surface area contributed by atoms with Crippen LogP contribution < -0.4 is 5.32 Å². The second-order valence-corrected chi connectivity index (χ2v) is 6.44. The first-order valence-corrected chi connectivity index (χ1v) is 7.07. The van der Waals surface area contributed by atoms with Gasteiger partial charge in [-0.05, 0) is 44.2 Å². The van der Waals surface area contributed by atoms with Gasteiger partial charge in [0.15, 0.2) is 0 Å². The summed E-state index contributed by atoms with van der Waals surface area (Å²) >= 11 is 0. The van der Waals surface area contributed by atoms with E-state index in [9.17, 15) is 0 Å². The number of nitrogens with one attached hydrogen (secondary N) is 1. The first-order valence-electron chi connectivity index (χ1n) is 7.07. The summed E-state index contributed by atoms with van der Waals surface area (Å²) in [6.45, 7) is 7.46. The van der Waals surface area contributed by atoms with Crippen molar-refractivity contribution in [2.45, 2.75) is 45.4 Å². The fourth-order valence-corrected chi connectivity index (χ4v) is 3.53. The Labute approximate surface area is 113 Å². The number of rotatable bonds is 4. The number of nitrogens with zero attached hydrogens (tertiary/aromatic N) is 1. The van der Waals surface area contributed by atoms with Crippen molar-refractivity contribution in [3.05, 3.63) is 0 Å². The van der Waals surface area contributed by atoms with E-state index in [1.807, 2.05) is 0 Å². The van der Waals surface area contributed by atoms with Crippen molar-refractivity contribution in [3.8, 4) is 0 Å². The molecule has 2 nitrogen and oxygen atoms in total. The van der Waals surface area contributed by atoms with Gasteiger partial charge in [-0.1, -0.05) is 26.2 Å². The lowest BCUT2D eigenvalue weighted by molar-refractivity contribution is 0.169. The molecule has 1 N–H and O–H groups in total. The summed E-state index contributed by atoms with van der Waals surface area (Å²) in [5, 5.41) is 3.50. The van der Waals surface area contributed by atoms with Gasteiger partial charge in [-0.3, -0.25) is 0 Å². The zero-order valence-corrected chi connectivity index (χ0v) is 12.3. The largest absolute Gasteiger partial charge is 0.316 e. The van der Waals surface area contributed by atoms with Crippen LogP contribution in [0.1, 0.15) is 45.4 Å². The van der Waals surface area contributed by atoms with Gasteiger partial charge in [0.1, 0.15) is 0 Å². The van der Waals surface area contributed by atoms with Crippen LogP contribution in [0, 0.1) is 11.3 Å². The van der Waals surface area contributed by atoms with Crippen LogP contribution >= 0.6 is 12.4 Å². The van der Waals surface area contributed by atoms with Crippen molar-refractivity contribution in [2.24, 2.45) is 11.3 Å². The summed E-state index contributed by atoms with van der Waals surface area (Å²) in [5.41, 5.74) is 0.531. The van der Waals surface area contributed by atoms with Crippen molar-refractivity contribution in [3.63, 3.8) is 0 Å². The molecule has 1 unspecified atom stereocenters. The van der Waals surface area contributed by atoms with Crippen LogP contribution in [-0.4, -0.2) is 38.1 Å². The summed E-state index contributed by atoms with van der Waals surface area (Å²) < 4.78 is 0. The third kappa shape index (κ3) is 4.76. The van der Waals surface area contributed by atoms with Gasteiger partial charge in [-0.15, -0.1) is 12.4 Å². The molecule has 0 bridgehead atoms. The molecule has 3 heteroatoms. The van der Waals surface area contributed by atoms with Crippen molar-refractivity contribution in [1.29, 1.82) is 0 Å². The molecule has 2 rings (SSSR count). The first kappa shape index (κ1) is 15.3. The summed E-state index contributed by atoms with van der Waals surface area (Å²) in [6.07, 6.45) is 8.71. The van der Waals surface area contributed by atoms with E-state index in [4.69, 9.17) is 0 Å². The van der Waals surface area contributed by atoms with Crippen molar-refractivity contribution in [1.82, 2.24) is 10.2 Å². The second kappa shape index (κ2) is 6.96. The SMILES string of the molecule is CN(CC1CCCCC1)CC1(C)CCNC1.Cl. The molecule has 1 aliphatic heterocycles. The predicted octanol–water partition coefficient (Wildman–Crippen LogP) is 2.92. The van der Waals surface area contributed by atoms with Crippen LogP contribution in [0.4, 0.5) is 0 Å². The fourth-order valence-electron chi connectivity index (χ4n) is 3.53. The maximum absolute atomic E-state index is 3.50. The van der Waals surface area contributed by atoms with Crippen molar-refractivity contribution >= 4 is 12.4 Å². The Morgan fingerprint density at radius 3 is 2.53 bits per heavy atom. The quantitative estimate of drug-likeness (QED) is 0.836. The minimum absolute atomic E-state index is 0. The van der Waals surface area contributed by atoms with Crippen LogP contribution in [0.25, 0.3) is 0 Å². The second-order valence-electron chi connectivity index (χ2n) is 6.44. The molecule has 0 aromatic rings. The summed E-state index contributed by atoms with van der Waals surface area (Å²) in [5.74, 6) is 0.983. The maximum Gasteiger partial charge on any atom is 0.00450 e. The lowest BCUT2D eigenvalue weighted by Gasteiger charge is -2.32. The van der Waals surface area contributed by atoms with Crippen molar-refractivity contribution in [2.75, 3.05) is 33.2 Å². The highest BCUT2D eigenvalue weighted by molar-refractivity contribution is 5.85. The van der Waals surface area contributed by atoms with Gasteiger partial charge >= 0.3 is 0 Å². The monoisotopic (exact) mass is 260 g/mol. The number of hydrogen-bond acceptors (Lipinski definition) is 2. The number of halogens is 1. The van der Waals surface area contributed by atoms with E-state index in [1.165, 1.54) is 64.7 Å². The van der Waals surface area contributed by atoms with E-state index in [1.54, 1.807) is 0 Å². The Morgan fingerprint density at radius 1 is 1.24 bits per heavy atom. The Morgan fingerprint density at radius 2 is 1.94 bits per heavy atom. The molecule has 0 spiro atoms. The first-order chi connectivity index (χ1) is 7.68. The van der Waals surface area contributed by atoms with Crippen LogP contribution in [0.5, 0.6) is 0 Å². The molecule has 1 saturated heterocycles. The van der Waals surface area contributed by atoms with E-state index in [0.717, 1.165) is 5.92 Å². The van der Waals surface area contributed by atoms with E-state index >= 15 is 0 Å². The average Bonchev–Trinajstić information content (AvgIpc) is 2.66. The minimum Gasteiger partial charge on any atom is -0.316 e. The molecule has 1 aliphatic carbocycles. The fraction of sp³-hybridized carbons (Fsp3) is 1.00. The molecule has 2 aliphatic rings. The summed E-state index contributed by atoms with van der Waals surface area (Å²) in [6, 6.07) is 0. The Hall–Kier alpha value is 0.210. The standard InChI is InChI=1S/C14H28N2.ClH/c1-14(8-9-15-11-14)12-16(2)10-13-6-4-3-5-7-13;/h13,15H,3-12H2,1-2H3;1H. The minimum atomic E-state index is 0. The number of hydrogen-bond donors (Lipinski definition) is 1. The molecular weight excluding hydrogens is 232 g/mol. The van der Waals surface area contributed by atoms with E-state index in [2.05, 4.69) is 24.2 Å². The molecule has 0 aromatic heterocycles. The molecular formula is C14H29ClN2. The third-order valence-electron chi connectivity index (χ3n) is 4.40. The molecule has 0 radical (unpaired) electrons. The zero-order valence-electron chi connectivity index (χ0n) is 11.5. The summed E-state index contributed by atoms with van der Waals surface area (Å²) in [7, 11) is 2.32. The van der Waals surface area contributed by atoms with E-state index in [-0.39, 0.29) is 12.4 Å². The lowest BCUT2D eigenvalue weighted by atomic mass is 9.86. The highest BCUT2D eigenvalue weighted by atomic mass is 35.5. The lowest BCUT2D eigenvalue weighted by Crippen LogP contribution is -2.37. The maximum atomic E-state index is 3.50. The van der Waals surface area contributed by atoms with E-state index < -0.39 is 0 Å². The topological polar surface area (TPSA) is 15.3 Å². The Kier molecular flexibility index (Phi) is 6.25. The smallest absolute Gasteiger partial charge is 0.00450 e. The van der Waals surface area contributed by atoms with Gasteiger partial charge in [-0.2, -0.15) is 0 Å². The van der Waals surface area contributed by atoms with Crippen LogP contribution in [0.15, 0.2) is 0 Å². The Bertz CT molecular complexity index is 208. The molecule has 0 aromatic carbocycles. The van der Waals surface area contributed by atoms with Gasteiger partial charge in [0.2, 0.25) is 0 Å². The molecule has 1 heterocycles. The van der Waals surface area contributed by atoms with E-state index in [0.29, 0.717) is 5.41 Å². The predicted molar refractivity (Wildman–Crippen MR) is 76.9 cm³/mol. The Balaban J connectivity index is 0.00000144.